The Balaban J connectivity index is 2.85. The molecule has 1 unspecified atom stereocenters. The van der Waals surface area contributed by atoms with Crippen molar-refractivity contribution in [2.45, 2.75) is 13.5 Å². The van der Waals surface area contributed by atoms with Crippen molar-refractivity contribution in [3.63, 3.8) is 0 Å². The molecule has 0 radical (unpaired) electrons. The predicted octanol–water partition coefficient (Wildman–Crippen LogP) is 4.40. The normalized spacial score (nSPS) is 12.6. The third kappa shape index (κ3) is 5.50. The topological polar surface area (TPSA) is 30.5 Å². The standard InChI is InChI=1S/C12H15BrClF2NO2/c1-7(6-18-2)5-17-10-4-8(14)3-9(13)11(10)19-12(15)16/h3-4,7,12,17H,5-6H2,1-2H3. The average molecular weight is 359 g/mol. The van der Waals surface area contributed by atoms with Crippen molar-refractivity contribution in [2.24, 2.45) is 5.92 Å². The molecule has 1 atom stereocenters. The highest BCUT2D eigenvalue weighted by atomic mass is 79.9. The first-order valence-electron chi connectivity index (χ1n) is 5.60. The molecule has 1 rings (SSSR count). The Labute approximate surface area is 124 Å². The zero-order chi connectivity index (χ0) is 14.4. The highest BCUT2D eigenvalue weighted by molar-refractivity contribution is 9.10. The van der Waals surface area contributed by atoms with Gasteiger partial charge in [-0.3, -0.25) is 0 Å². The first-order chi connectivity index (χ1) is 8.93. The van der Waals surface area contributed by atoms with Gasteiger partial charge in [-0.2, -0.15) is 8.78 Å². The second kappa shape index (κ2) is 7.87. The lowest BCUT2D eigenvalue weighted by molar-refractivity contribution is -0.0498. The number of nitrogens with one attached hydrogen (secondary N) is 1. The number of rotatable bonds is 7. The molecule has 0 aliphatic heterocycles. The zero-order valence-electron chi connectivity index (χ0n) is 10.6. The van der Waals surface area contributed by atoms with E-state index in [1.54, 1.807) is 13.2 Å². The van der Waals surface area contributed by atoms with E-state index in [9.17, 15) is 8.78 Å². The van der Waals surface area contributed by atoms with Crippen molar-refractivity contribution in [3.8, 4) is 5.75 Å². The Morgan fingerprint density at radius 2 is 2.11 bits per heavy atom. The number of hydrogen-bond acceptors (Lipinski definition) is 3. The highest BCUT2D eigenvalue weighted by Gasteiger charge is 2.15. The highest BCUT2D eigenvalue weighted by Crippen LogP contribution is 2.37. The molecule has 7 heteroatoms. The molecular weight excluding hydrogens is 343 g/mol. The van der Waals surface area contributed by atoms with Crippen LogP contribution in [0.3, 0.4) is 0 Å². The summed E-state index contributed by atoms with van der Waals surface area (Å²) in [6.45, 7) is 0.207. The van der Waals surface area contributed by atoms with Gasteiger partial charge < -0.3 is 14.8 Å². The molecule has 3 nitrogen and oxygen atoms in total. The number of hydrogen-bond donors (Lipinski definition) is 1. The van der Waals surface area contributed by atoms with Gasteiger partial charge in [-0.25, -0.2) is 0 Å². The van der Waals surface area contributed by atoms with Gasteiger partial charge in [-0.1, -0.05) is 18.5 Å². The van der Waals surface area contributed by atoms with Crippen LogP contribution in [0.5, 0.6) is 5.75 Å². The number of methoxy groups -OCH3 is 1. The molecule has 0 saturated carbocycles. The van der Waals surface area contributed by atoms with E-state index in [0.29, 0.717) is 28.3 Å². The predicted molar refractivity (Wildman–Crippen MR) is 75.3 cm³/mol. The van der Waals surface area contributed by atoms with Gasteiger partial charge in [-0.05, 0) is 34.0 Å². The summed E-state index contributed by atoms with van der Waals surface area (Å²) in [6.07, 6.45) is 0. The minimum absolute atomic E-state index is 0.0454. The number of halogens is 4. The van der Waals surface area contributed by atoms with Crippen molar-refractivity contribution in [3.05, 3.63) is 21.6 Å². The van der Waals surface area contributed by atoms with E-state index in [2.05, 4.69) is 26.0 Å². The fourth-order valence-electron chi connectivity index (χ4n) is 1.53. The molecule has 1 N–H and O–H groups in total. The molecule has 0 spiro atoms. The molecule has 0 amide bonds. The quantitative estimate of drug-likeness (QED) is 0.784. The lowest BCUT2D eigenvalue weighted by Gasteiger charge is -2.17. The van der Waals surface area contributed by atoms with Gasteiger partial charge in [0.15, 0.2) is 5.75 Å². The number of anilines is 1. The van der Waals surface area contributed by atoms with E-state index in [4.69, 9.17) is 16.3 Å². The van der Waals surface area contributed by atoms with Crippen LogP contribution in [0.2, 0.25) is 5.02 Å². The fraction of sp³-hybridized carbons (Fsp3) is 0.500. The van der Waals surface area contributed by atoms with Crippen molar-refractivity contribution in [1.82, 2.24) is 0 Å². The number of benzene rings is 1. The van der Waals surface area contributed by atoms with Crippen LogP contribution in [0.4, 0.5) is 14.5 Å². The second-order valence-corrected chi connectivity index (χ2v) is 5.37. The molecule has 0 aromatic heterocycles. The van der Waals surface area contributed by atoms with Crippen LogP contribution < -0.4 is 10.1 Å². The van der Waals surface area contributed by atoms with Crippen LogP contribution in [-0.4, -0.2) is 26.9 Å². The average Bonchev–Trinajstić information content (AvgIpc) is 2.30. The van der Waals surface area contributed by atoms with Gasteiger partial charge in [-0.15, -0.1) is 0 Å². The third-order valence-electron chi connectivity index (χ3n) is 2.31. The summed E-state index contributed by atoms with van der Waals surface area (Å²) in [4.78, 5) is 0. The maximum absolute atomic E-state index is 12.4. The van der Waals surface area contributed by atoms with Gasteiger partial charge in [0, 0.05) is 18.7 Å². The summed E-state index contributed by atoms with van der Waals surface area (Å²) in [5.74, 6) is 0.270. The largest absolute Gasteiger partial charge is 0.431 e. The molecule has 1 aromatic rings. The zero-order valence-corrected chi connectivity index (χ0v) is 12.9. The molecule has 0 fully saturated rings. The molecule has 0 aliphatic rings. The van der Waals surface area contributed by atoms with Crippen molar-refractivity contribution in [2.75, 3.05) is 25.6 Å². The number of alkyl halides is 2. The maximum atomic E-state index is 12.4. The Bertz CT molecular complexity index is 421. The van der Waals surface area contributed by atoms with Crippen LogP contribution in [-0.2, 0) is 4.74 Å². The molecular formula is C12H15BrClF2NO2. The van der Waals surface area contributed by atoms with Gasteiger partial charge in [0.2, 0.25) is 0 Å². The fourth-order valence-corrected chi connectivity index (χ4v) is 2.43. The smallest absolute Gasteiger partial charge is 0.387 e. The van der Waals surface area contributed by atoms with E-state index in [0.717, 1.165) is 0 Å². The summed E-state index contributed by atoms with van der Waals surface area (Å²) < 4.78 is 34.6. The minimum atomic E-state index is -2.89. The summed E-state index contributed by atoms with van der Waals surface area (Å²) in [7, 11) is 1.61. The lowest BCUT2D eigenvalue weighted by Crippen LogP contribution is -2.16. The van der Waals surface area contributed by atoms with E-state index in [-0.39, 0.29) is 11.7 Å². The summed E-state index contributed by atoms with van der Waals surface area (Å²) >= 11 is 9.05. The van der Waals surface area contributed by atoms with Gasteiger partial charge in [0.25, 0.3) is 0 Å². The van der Waals surface area contributed by atoms with Gasteiger partial charge in [0.1, 0.15) is 0 Å². The Morgan fingerprint density at radius 1 is 1.42 bits per heavy atom. The first kappa shape index (κ1) is 16.5. The Morgan fingerprint density at radius 3 is 2.68 bits per heavy atom. The van der Waals surface area contributed by atoms with Crippen molar-refractivity contribution < 1.29 is 18.3 Å². The summed E-state index contributed by atoms with van der Waals surface area (Å²) in [6, 6.07) is 3.05. The lowest BCUT2D eigenvalue weighted by atomic mass is 10.2. The van der Waals surface area contributed by atoms with Crippen LogP contribution in [0, 0.1) is 5.92 Å². The van der Waals surface area contributed by atoms with Crippen LogP contribution in [0.25, 0.3) is 0 Å². The van der Waals surface area contributed by atoms with Crippen LogP contribution in [0.15, 0.2) is 16.6 Å². The molecule has 108 valence electrons. The second-order valence-electron chi connectivity index (χ2n) is 4.08. The van der Waals surface area contributed by atoms with Crippen LogP contribution >= 0.6 is 27.5 Å². The van der Waals surface area contributed by atoms with Crippen molar-refractivity contribution >= 4 is 33.2 Å². The molecule has 0 bridgehead atoms. The Hall–Kier alpha value is -0.590. The molecule has 0 heterocycles. The molecule has 19 heavy (non-hydrogen) atoms. The van der Waals surface area contributed by atoms with E-state index >= 15 is 0 Å². The van der Waals surface area contributed by atoms with Crippen LogP contribution in [0.1, 0.15) is 6.92 Å². The Kier molecular flexibility index (Phi) is 6.82. The first-order valence-corrected chi connectivity index (χ1v) is 6.77. The van der Waals surface area contributed by atoms with Gasteiger partial charge in [0.05, 0.1) is 16.8 Å². The number of ether oxygens (including phenoxy) is 2. The summed E-state index contributed by atoms with van der Waals surface area (Å²) in [5, 5.41) is 3.46. The SMILES string of the molecule is COCC(C)CNc1cc(Cl)cc(Br)c1OC(F)F. The van der Waals surface area contributed by atoms with E-state index in [1.165, 1.54) is 6.07 Å². The minimum Gasteiger partial charge on any atom is -0.431 e. The third-order valence-corrected chi connectivity index (χ3v) is 3.11. The monoisotopic (exact) mass is 357 g/mol. The maximum Gasteiger partial charge on any atom is 0.387 e. The molecule has 0 aliphatic carbocycles. The van der Waals surface area contributed by atoms with E-state index < -0.39 is 6.61 Å². The van der Waals surface area contributed by atoms with Crippen molar-refractivity contribution in [1.29, 1.82) is 0 Å². The van der Waals surface area contributed by atoms with Gasteiger partial charge >= 0.3 is 6.61 Å². The molecule has 1 aromatic carbocycles. The van der Waals surface area contributed by atoms with E-state index in [1.807, 2.05) is 6.92 Å². The summed E-state index contributed by atoms with van der Waals surface area (Å²) in [5.41, 5.74) is 0.419. The molecule has 0 saturated heterocycles.